The van der Waals surface area contributed by atoms with Crippen LogP contribution in [0.4, 0.5) is 0 Å². The second-order valence-corrected chi connectivity index (χ2v) is 6.75. The molecular formula is C20H22Cl2N2O3. The van der Waals surface area contributed by atoms with Crippen LogP contribution >= 0.6 is 23.2 Å². The average Bonchev–Trinajstić information content (AvgIpc) is 2.66. The summed E-state index contributed by atoms with van der Waals surface area (Å²) >= 11 is 11.6. The van der Waals surface area contributed by atoms with Crippen LogP contribution in [0.15, 0.2) is 48.5 Å². The Morgan fingerprint density at radius 2 is 1.44 bits per heavy atom. The highest BCUT2D eigenvalue weighted by Crippen LogP contribution is 2.15. The number of amides is 2. The summed E-state index contributed by atoms with van der Waals surface area (Å²) in [6.07, 6.45) is 1.88. The molecule has 0 radical (unpaired) electrons. The summed E-state index contributed by atoms with van der Waals surface area (Å²) in [5.41, 5.74) is 0.514. The lowest BCUT2D eigenvalue weighted by Crippen LogP contribution is -2.31. The predicted octanol–water partition coefficient (Wildman–Crippen LogP) is 4.09. The van der Waals surface area contributed by atoms with Crippen molar-refractivity contribution in [1.29, 1.82) is 0 Å². The molecule has 2 aromatic rings. The van der Waals surface area contributed by atoms with Crippen molar-refractivity contribution in [3.05, 3.63) is 64.1 Å². The Bertz CT molecular complexity index is 734. The molecule has 0 saturated carbocycles. The van der Waals surface area contributed by atoms with Crippen LogP contribution in [0.1, 0.15) is 29.6 Å². The average molecular weight is 409 g/mol. The molecule has 2 rings (SSSR count). The summed E-state index contributed by atoms with van der Waals surface area (Å²) in [6, 6.07) is 13.8. The molecule has 144 valence electrons. The van der Waals surface area contributed by atoms with E-state index in [0.29, 0.717) is 28.8 Å². The fourth-order valence-electron chi connectivity index (χ4n) is 2.26. The van der Waals surface area contributed by atoms with E-state index in [4.69, 9.17) is 27.9 Å². The van der Waals surface area contributed by atoms with Crippen molar-refractivity contribution in [2.75, 3.05) is 19.7 Å². The fourth-order valence-corrected chi connectivity index (χ4v) is 2.51. The number of halogens is 2. The van der Waals surface area contributed by atoms with E-state index in [1.807, 2.05) is 12.1 Å². The molecule has 0 spiro atoms. The van der Waals surface area contributed by atoms with Crippen LogP contribution in [0.25, 0.3) is 0 Å². The highest BCUT2D eigenvalue weighted by molar-refractivity contribution is 6.30. The number of unbranched alkanes of at least 4 members (excludes halogenated alkanes) is 1. The highest BCUT2D eigenvalue weighted by atomic mass is 35.5. The minimum Gasteiger partial charge on any atom is -0.494 e. The van der Waals surface area contributed by atoms with Crippen LogP contribution in [0, 0.1) is 0 Å². The van der Waals surface area contributed by atoms with E-state index in [2.05, 4.69) is 10.6 Å². The maximum Gasteiger partial charge on any atom is 0.251 e. The third-order valence-electron chi connectivity index (χ3n) is 3.72. The van der Waals surface area contributed by atoms with Crippen molar-refractivity contribution in [2.45, 2.75) is 19.3 Å². The zero-order chi connectivity index (χ0) is 19.5. The molecule has 0 aliphatic carbocycles. The third kappa shape index (κ3) is 8.33. The molecule has 0 aliphatic rings. The van der Waals surface area contributed by atoms with E-state index in [9.17, 15) is 9.59 Å². The Balaban J connectivity index is 1.50. The van der Waals surface area contributed by atoms with Gasteiger partial charge >= 0.3 is 0 Å². The topological polar surface area (TPSA) is 67.4 Å². The number of carbonyl (C=O) groups excluding carboxylic acids is 2. The summed E-state index contributed by atoms with van der Waals surface area (Å²) in [6.45, 7) is 1.44. The SMILES string of the molecule is O=C(CCNC(=O)c1ccc(Cl)cc1)NCCCCOc1ccc(Cl)cc1. The van der Waals surface area contributed by atoms with Gasteiger partial charge in [-0.15, -0.1) is 0 Å². The first-order chi connectivity index (χ1) is 13.0. The van der Waals surface area contributed by atoms with Crippen molar-refractivity contribution in [2.24, 2.45) is 0 Å². The quantitative estimate of drug-likeness (QED) is 0.581. The number of ether oxygens (including phenoxy) is 1. The highest BCUT2D eigenvalue weighted by Gasteiger charge is 2.06. The first kappa shape index (κ1) is 21.1. The Kier molecular flexibility index (Phi) is 8.95. The van der Waals surface area contributed by atoms with E-state index < -0.39 is 0 Å². The van der Waals surface area contributed by atoms with Gasteiger partial charge in [-0.05, 0) is 61.4 Å². The molecule has 0 aliphatic heterocycles. The van der Waals surface area contributed by atoms with Gasteiger partial charge in [-0.2, -0.15) is 0 Å². The maximum atomic E-state index is 11.9. The van der Waals surface area contributed by atoms with Crippen molar-refractivity contribution in [3.63, 3.8) is 0 Å². The van der Waals surface area contributed by atoms with Crippen molar-refractivity contribution in [3.8, 4) is 5.75 Å². The van der Waals surface area contributed by atoms with Gasteiger partial charge < -0.3 is 15.4 Å². The fraction of sp³-hybridized carbons (Fsp3) is 0.300. The van der Waals surface area contributed by atoms with Gasteiger partial charge in [0.2, 0.25) is 5.91 Å². The number of benzene rings is 2. The Hall–Kier alpha value is -2.24. The van der Waals surface area contributed by atoms with Gasteiger partial charge in [0.1, 0.15) is 5.75 Å². The lowest BCUT2D eigenvalue weighted by atomic mass is 10.2. The van der Waals surface area contributed by atoms with Crippen LogP contribution in [0.2, 0.25) is 10.0 Å². The number of nitrogens with one attached hydrogen (secondary N) is 2. The first-order valence-electron chi connectivity index (χ1n) is 8.73. The van der Waals surface area contributed by atoms with Crippen LogP contribution in [0.3, 0.4) is 0 Å². The molecule has 0 saturated heterocycles. The summed E-state index contributed by atoms with van der Waals surface area (Å²) in [5.74, 6) is 0.462. The van der Waals surface area contributed by atoms with E-state index in [-0.39, 0.29) is 24.8 Å². The van der Waals surface area contributed by atoms with Gasteiger partial charge in [-0.25, -0.2) is 0 Å². The molecule has 5 nitrogen and oxygen atoms in total. The zero-order valence-corrected chi connectivity index (χ0v) is 16.4. The third-order valence-corrected chi connectivity index (χ3v) is 4.22. The lowest BCUT2D eigenvalue weighted by Gasteiger charge is -2.08. The smallest absolute Gasteiger partial charge is 0.251 e. The van der Waals surface area contributed by atoms with Crippen LogP contribution in [-0.4, -0.2) is 31.5 Å². The number of carbonyl (C=O) groups is 2. The number of rotatable bonds is 10. The molecule has 2 aromatic carbocycles. The second kappa shape index (κ2) is 11.5. The standard InChI is InChI=1S/C20H22Cl2N2O3/c21-16-5-3-15(4-6-16)20(26)24-13-11-19(25)23-12-1-2-14-27-18-9-7-17(22)8-10-18/h3-10H,1-2,11-14H2,(H,23,25)(H,24,26). The summed E-state index contributed by atoms with van der Waals surface area (Å²) in [4.78, 5) is 23.7. The zero-order valence-electron chi connectivity index (χ0n) is 14.8. The van der Waals surface area contributed by atoms with Gasteiger partial charge in [-0.3, -0.25) is 9.59 Å². The molecule has 0 bridgehead atoms. The largest absolute Gasteiger partial charge is 0.494 e. The first-order valence-corrected chi connectivity index (χ1v) is 9.49. The van der Waals surface area contributed by atoms with Crippen LogP contribution < -0.4 is 15.4 Å². The van der Waals surface area contributed by atoms with E-state index >= 15 is 0 Å². The van der Waals surface area contributed by atoms with Crippen molar-refractivity contribution >= 4 is 35.0 Å². The molecule has 0 unspecified atom stereocenters. The minimum atomic E-state index is -0.223. The summed E-state index contributed by atoms with van der Waals surface area (Å²) in [5, 5.41) is 6.79. The summed E-state index contributed by atoms with van der Waals surface area (Å²) < 4.78 is 5.58. The van der Waals surface area contributed by atoms with Gasteiger partial charge in [0.15, 0.2) is 0 Å². The summed E-state index contributed by atoms with van der Waals surface area (Å²) in [7, 11) is 0. The van der Waals surface area contributed by atoms with Crippen molar-refractivity contribution < 1.29 is 14.3 Å². The molecule has 2 amide bonds. The monoisotopic (exact) mass is 408 g/mol. The number of hydrogen-bond donors (Lipinski definition) is 2. The molecule has 0 fully saturated rings. The molecular weight excluding hydrogens is 387 g/mol. The lowest BCUT2D eigenvalue weighted by molar-refractivity contribution is -0.120. The second-order valence-electron chi connectivity index (χ2n) is 5.87. The molecule has 7 heteroatoms. The van der Waals surface area contributed by atoms with E-state index in [0.717, 1.165) is 18.6 Å². The van der Waals surface area contributed by atoms with E-state index in [1.54, 1.807) is 36.4 Å². The van der Waals surface area contributed by atoms with Gasteiger partial charge in [-0.1, -0.05) is 23.2 Å². The van der Waals surface area contributed by atoms with Crippen LogP contribution in [0.5, 0.6) is 5.75 Å². The molecule has 27 heavy (non-hydrogen) atoms. The van der Waals surface area contributed by atoms with E-state index in [1.165, 1.54) is 0 Å². The van der Waals surface area contributed by atoms with Gasteiger partial charge in [0, 0.05) is 35.1 Å². The van der Waals surface area contributed by atoms with Gasteiger partial charge in [0.25, 0.3) is 5.91 Å². The molecule has 0 aromatic heterocycles. The minimum absolute atomic E-state index is 0.0926. The molecule has 0 heterocycles. The van der Waals surface area contributed by atoms with Gasteiger partial charge in [0.05, 0.1) is 6.61 Å². The van der Waals surface area contributed by atoms with Crippen molar-refractivity contribution in [1.82, 2.24) is 10.6 Å². The predicted molar refractivity (Wildman–Crippen MR) is 108 cm³/mol. The van der Waals surface area contributed by atoms with Crippen LogP contribution in [-0.2, 0) is 4.79 Å². The Morgan fingerprint density at radius 1 is 0.815 bits per heavy atom. The molecule has 0 atom stereocenters. The Labute approximate surface area is 169 Å². The maximum absolute atomic E-state index is 11.9. The normalized spacial score (nSPS) is 10.3. The number of hydrogen-bond acceptors (Lipinski definition) is 3. The Morgan fingerprint density at radius 3 is 2.11 bits per heavy atom. The molecule has 2 N–H and O–H groups in total.